The quantitative estimate of drug-likeness (QED) is 0.826. The van der Waals surface area contributed by atoms with Gasteiger partial charge in [-0.05, 0) is 25.0 Å². The average Bonchev–Trinajstić information content (AvgIpc) is 2.66. The van der Waals surface area contributed by atoms with Gasteiger partial charge in [0.25, 0.3) is 0 Å². The highest BCUT2D eigenvalue weighted by atomic mass is 32.2. The van der Waals surface area contributed by atoms with Gasteiger partial charge in [0.2, 0.25) is 0 Å². The van der Waals surface area contributed by atoms with E-state index in [0.29, 0.717) is 11.3 Å². The summed E-state index contributed by atoms with van der Waals surface area (Å²) in [6, 6.07) is 8.38. The monoisotopic (exact) mass is 225 g/mol. The highest BCUT2D eigenvalue weighted by Gasteiger charge is 2.35. The van der Waals surface area contributed by atoms with Crippen LogP contribution >= 0.6 is 0 Å². The number of nitrogens with two attached hydrogens (primary N) is 1. The Hall–Kier alpha value is -0.870. The van der Waals surface area contributed by atoms with Gasteiger partial charge in [0.15, 0.2) is 9.84 Å². The van der Waals surface area contributed by atoms with Crippen molar-refractivity contribution in [2.45, 2.75) is 35.4 Å². The molecule has 0 aliphatic heterocycles. The first kappa shape index (κ1) is 10.6. The number of sulfone groups is 1. The van der Waals surface area contributed by atoms with E-state index in [4.69, 9.17) is 5.73 Å². The Labute approximate surface area is 90.2 Å². The first-order valence-electron chi connectivity index (χ1n) is 5.17. The normalized spacial score (nSPS) is 26.7. The zero-order chi connectivity index (χ0) is 10.9. The second-order valence-electron chi connectivity index (χ2n) is 3.99. The molecule has 0 amide bonds. The molecule has 1 aromatic rings. The summed E-state index contributed by atoms with van der Waals surface area (Å²) in [5.41, 5.74) is 5.82. The molecule has 82 valence electrons. The smallest absolute Gasteiger partial charge is 0.182 e. The highest BCUT2D eigenvalue weighted by Crippen LogP contribution is 2.28. The molecule has 1 aromatic carbocycles. The van der Waals surface area contributed by atoms with Gasteiger partial charge < -0.3 is 5.73 Å². The van der Waals surface area contributed by atoms with E-state index in [0.717, 1.165) is 12.8 Å². The molecular weight excluding hydrogens is 210 g/mol. The van der Waals surface area contributed by atoms with Crippen LogP contribution in [0.1, 0.15) is 19.3 Å². The third kappa shape index (κ3) is 1.92. The molecule has 0 aromatic heterocycles. The Morgan fingerprint density at radius 1 is 1.13 bits per heavy atom. The second-order valence-corrected chi connectivity index (χ2v) is 6.16. The minimum Gasteiger partial charge on any atom is -0.327 e. The van der Waals surface area contributed by atoms with E-state index < -0.39 is 9.84 Å². The van der Waals surface area contributed by atoms with Crippen LogP contribution in [0.4, 0.5) is 0 Å². The summed E-state index contributed by atoms with van der Waals surface area (Å²) >= 11 is 0. The van der Waals surface area contributed by atoms with Crippen molar-refractivity contribution in [3.63, 3.8) is 0 Å². The van der Waals surface area contributed by atoms with Gasteiger partial charge in [0.1, 0.15) is 0 Å². The number of hydrogen-bond acceptors (Lipinski definition) is 3. The fraction of sp³-hybridized carbons (Fsp3) is 0.455. The van der Waals surface area contributed by atoms with Crippen LogP contribution in [0.2, 0.25) is 0 Å². The highest BCUT2D eigenvalue weighted by molar-refractivity contribution is 7.92. The summed E-state index contributed by atoms with van der Waals surface area (Å²) in [4.78, 5) is 0.396. The van der Waals surface area contributed by atoms with Gasteiger partial charge in [0, 0.05) is 6.04 Å². The Morgan fingerprint density at radius 3 is 2.33 bits per heavy atom. The maximum absolute atomic E-state index is 12.2. The molecule has 1 aliphatic carbocycles. The Balaban J connectivity index is 2.35. The molecule has 0 saturated heterocycles. The average molecular weight is 225 g/mol. The first-order chi connectivity index (χ1) is 7.12. The Bertz CT molecular complexity index is 427. The molecule has 0 bridgehead atoms. The summed E-state index contributed by atoms with van der Waals surface area (Å²) in [6.45, 7) is 0. The zero-order valence-electron chi connectivity index (χ0n) is 8.46. The lowest BCUT2D eigenvalue weighted by Gasteiger charge is -2.15. The van der Waals surface area contributed by atoms with Crippen LogP contribution in [0, 0.1) is 0 Å². The fourth-order valence-corrected chi connectivity index (χ4v) is 4.08. The predicted octanol–water partition coefficient (Wildman–Crippen LogP) is 1.34. The number of hydrogen-bond donors (Lipinski definition) is 1. The molecule has 0 radical (unpaired) electrons. The molecule has 0 spiro atoms. The van der Waals surface area contributed by atoms with Crippen molar-refractivity contribution in [3.05, 3.63) is 30.3 Å². The minimum atomic E-state index is -3.21. The van der Waals surface area contributed by atoms with E-state index >= 15 is 0 Å². The lowest BCUT2D eigenvalue weighted by atomic mass is 10.3. The third-order valence-corrected chi connectivity index (χ3v) is 5.29. The van der Waals surface area contributed by atoms with Crippen LogP contribution in [0.5, 0.6) is 0 Å². The molecule has 2 rings (SSSR count). The van der Waals surface area contributed by atoms with Gasteiger partial charge in [-0.25, -0.2) is 8.42 Å². The largest absolute Gasteiger partial charge is 0.327 e. The summed E-state index contributed by atoms with van der Waals surface area (Å²) in [6.07, 6.45) is 2.42. The first-order valence-corrected chi connectivity index (χ1v) is 6.71. The molecule has 1 aliphatic rings. The van der Waals surface area contributed by atoms with E-state index in [1.165, 1.54) is 0 Å². The number of rotatable bonds is 2. The van der Waals surface area contributed by atoms with E-state index in [-0.39, 0.29) is 11.3 Å². The van der Waals surface area contributed by atoms with Crippen molar-refractivity contribution in [2.75, 3.05) is 0 Å². The lowest BCUT2D eigenvalue weighted by Crippen LogP contribution is -2.35. The molecular formula is C11H15NO2S. The summed E-state index contributed by atoms with van der Waals surface area (Å²) < 4.78 is 24.3. The Morgan fingerprint density at radius 2 is 1.80 bits per heavy atom. The number of benzene rings is 1. The topological polar surface area (TPSA) is 60.2 Å². The maximum atomic E-state index is 12.2. The molecule has 2 unspecified atom stereocenters. The molecule has 15 heavy (non-hydrogen) atoms. The lowest BCUT2D eigenvalue weighted by molar-refractivity contribution is 0.568. The van der Waals surface area contributed by atoms with Crippen molar-refractivity contribution >= 4 is 9.84 Å². The van der Waals surface area contributed by atoms with Crippen molar-refractivity contribution < 1.29 is 8.42 Å². The van der Waals surface area contributed by atoms with Gasteiger partial charge in [0.05, 0.1) is 10.1 Å². The van der Waals surface area contributed by atoms with Crippen LogP contribution in [0.15, 0.2) is 35.2 Å². The van der Waals surface area contributed by atoms with Crippen molar-refractivity contribution in [1.29, 1.82) is 0 Å². The van der Waals surface area contributed by atoms with Crippen molar-refractivity contribution in [2.24, 2.45) is 5.73 Å². The minimum absolute atomic E-state index is 0.199. The van der Waals surface area contributed by atoms with Crippen molar-refractivity contribution in [1.82, 2.24) is 0 Å². The van der Waals surface area contributed by atoms with E-state index in [1.807, 2.05) is 6.07 Å². The second kappa shape index (κ2) is 3.94. The SMILES string of the molecule is NC1CCCC1S(=O)(=O)c1ccccc1. The van der Waals surface area contributed by atoms with E-state index in [1.54, 1.807) is 24.3 Å². The summed E-state index contributed by atoms with van der Waals surface area (Å²) in [5, 5.41) is -0.389. The molecule has 2 N–H and O–H groups in total. The standard InChI is InChI=1S/C11H15NO2S/c12-10-7-4-8-11(10)15(13,14)9-5-2-1-3-6-9/h1-3,5-6,10-11H,4,7-8,12H2. The van der Waals surface area contributed by atoms with Crippen LogP contribution < -0.4 is 5.73 Å². The Kier molecular flexibility index (Phi) is 2.80. The van der Waals surface area contributed by atoms with Crippen LogP contribution in [-0.4, -0.2) is 19.7 Å². The van der Waals surface area contributed by atoms with E-state index in [9.17, 15) is 8.42 Å². The molecule has 0 heterocycles. The van der Waals surface area contributed by atoms with Gasteiger partial charge in [-0.1, -0.05) is 24.6 Å². The summed E-state index contributed by atoms with van der Waals surface area (Å²) in [7, 11) is -3.21. The van der Waals surface area contributed by atoms with Crippen LogP contribution in [0.3, 0.4) is 0 Å². The van der Waals surface area contributed by atoms with Crippen LogP contribution in [-0.2, 0) is 9.84 Å². The molecule has 4 heteroatoms. The molecule has 1 saturated carbocycles. The zero-order valence-corrected chi connectivity index (χ0v) is 9.28. The van der Waals surface area contributed by atoms with Gasteiger partial charge in [-0.15, -0.1) is 0 Å². The van der Waals surface area contributed by atoms with Gasteiger partial charge in [-0.2, -0.15) is 0 Å². The fourth-order valence-electron chi connectivity index (χ4n) is 2.12. The molecule has 2 atom stereocenters. The van der Waals surface area contributed by atoms with Gasteiger partial charge in [-0.3, -0.25) is 0 Å². The van der Waals surface area contributed by atoms with Gasteiger partial charge >= 0.3 is 0 Å². The summed E-state index contributed by atoms with van der Waals surface area (Å²) in [5.74, 6) is 0. The molecule has 1 fully saturated rings. The molecule has 3 nitrogen and oxygen atoms in total. The predicted molar refractivity (Wildman–Crippen MR) is 59.2 cm³/mol. The van der Waals surface area contributed by atoms with Crippen molar-refractivity contribution in [3.8, 4) is 0 Å². The van der Waals surface area contributed by atoms with Crippen LogP contribution in [0.25, 0.3) is 0 Å². The maximum Gasteiger partial charge on any atom is 0.182 e. The third-order valence-electron chi connectivity index (χ3n) is 2.97. The van der Waals surface area contributed by atoms with E-state index in [2.05, 4.69) is 0 Å².